The Balaban J connectivity index is 2.03. The van der Waals surface area contributed by atoms with Gasteiger partial charge in [0.05, 0.1) is 11.4 Å². The maximum Gasteiger partial charge on any atom is 0.411 e. The topological polar surface area (TPSA) is 55.3 Å². The molecule has 3 rings (SSSR count). The zero-order valence-corrected chi connectivity index (χ0v) is 15.5. The van der Waals surface area contributed by atoms with Crippen LogP contribution >= 0.6 is 22.9 Å². The predicted octanol–water partition coefficient (Wildman–Crippen LogP) is 4.59. The summed E-state index contributed by atoms with van der Waals surface area (Å²) in [6.07, 6.45) is 1.93. The van der Waals surface area contributed by atoms with Crippen molar-refractivity contribution in [2.75, 3.05) is 0 Å². The third-order valence-corrected chi connectivity index (χ3v) is 5.54. The molecule has 23 heavy (non-hydrogen) atoms. The minimum atomic E-state index is -0.508. The molecule has 1 amide bonds. The van der Waals surface area contributed by atoms with E-state index in [0.29, 0.717) is 5.15 Å². The van der Waals surface area contributed by atoms with Gasteiger partial charge in [0.1, 0.15) is 21.9 Å². The van der Waals surface area contributed by atoms with Crippen molar-refractivity contribution in [1.82, 2.24) is 14.9 Å². The number of hydrogen-bond donors (Lipinski definition) is 0. The third kappa shape index (κ3) is 2.90. The van der Waals surface area contributed by atoms with Crippen LogP contribution in [-0.4, -0.2) is 32.6 Å². The molecule has 0 saturated heterocycles. The molecular weight excluding hydrogens is 334 g/mol. The fourth-order valence-electron chi connectivity index (χ4n) is 3.06. The fraction of sp³-hybridized carbons (Fsp3) is 0.562. The van der Waals surface area contributed by atoms with Crippen molar-refractivity contribution in [2.24, 2.45) is 0 Å². The first-order valence-corrected chi connectivity index (χ1v) is 8.81. The monoisotopic (exact) mass is 353 g/mol. The van der Waals surface area contributed by atoms with E-state index in [1.807, 2.05) is 39.5 Å². The van der Waals surface area contributed by atoms with E-state index in [1.54, 1.807) is 11.3 Å². The lowest BCUT2D eigenvalue weighted by Gasteiger charge is -2.39. The number of hydrogen-bond acceptors (Lipinski definition) is 5. The van der Waals surface area contributed by atoms with Gasteiger partial charge in [-0.2, -0.15) is 0 Å². The zero-order valence-electron chi connectivity index (χ0n) is 13.9. The summed E-state index contributed by atoms with van der Waals surface area (Å²) in [5.41, 5.74) is 0.654. The quantitative estimate of drug-likeness (QED) is 0.650. The molecule has 2 atom stereocenters. The summed E-state index contributed by atoms with van der Waals surface area (Å²) in [5.74, 6) is 0. The van der Waals surface area contributed by atoms with Crippen LogP contribution in [0.25, 0.3) is 10.2 Å². The highest BCUT2D eigenvalue weighted by molar-refractivity contribution is 7.19. The number of rotatable bonds is 0. The molecule has 7 heteroatoms. The molecule has 124 valence electrons. The van der Waals surface area contributed by atoms with E-state index in [4.69, 9.17) is 16.3 Å². The van der Waals surface area contributed by atoms with E-state index in [9.17, 15) is 4.79 Å². The number of carbonyl (C=O) groups excluding carboxylic acids is 1. The lowest BCUT2D eigenvalue weighted by atomic mass is 9.95. The molecule has 0 bridgehead atoms. The molecule has 0 aliphatic carbocycles. The van der Waals surface area contributed by atoms with E-state index in [0.717, 1.165) is 27.1 Å². The molecule has 5 nitrogen and oxygen atoms in total. The summed E-state index contributed by atoms with van der Waals surface area (Å²) in [6.45, 7) is 9.69. The van der Waals surface area contributed by atoms with Crippen LogP contribution in [-0.2, 0) is 11.2 Å². The Morgan fingerprint density at radius 2 is 2.09 bits per heavy atom. The molecule has 0 saturated carbocycles. The summed E-state index contributed by atoms with van der Waals surface area (Å²) >= 11 is 7.85. The molecule has 0 aromatic carbocycles. The molecule has 0 fully saturated rings. The SMILES string of the molecule is C[C@@H]1Cc2c(sc3ncnc(Cl)c23)[C@@H](C)N1C(=O)OC(C)(C)C. The minimum Gasteiger partial charge on any atom is -0.444 e. The summed E-state index contributed by atoms with van der Waals surface area (Å²) in [7, 11) is 0. The predicted molar refractivity (Wildman–Crippen MR) is 92.1 cm³/mol. The van der Waals surface area contributed by atoms with Crippen molar-refractivity contribution in [3.63, 3.8) is 0 Å². The first-order chi connectivity index (χ1) is 10.7. The van der Waals surface area contributed by atoms with Crippen molar-refractivity contribution in [1.29, 1.82) is 0 Å². The summed E-state index contributed by atoms with van der Waals surface area (Å²) in [4.78, 5) is 24.8. The van der Waals surface area contributed by atoms with Gasteiger partial charge in [-0.25, -0.2) is 14.8 Å². The third-order valence-electron chi connectivity index (χ3n) is 3.95. The Morgan fingerprint density at radius 1 is 1.39 bits per heavy atom. The van der Waals surface area contributed by atoms with Crippen LogP contribution in [0.4, 0.5) is 4.79 Å². The molecular formula is C16H20ClN3O2S. The second kappa shape index (κ2) is 5.60. The lowest BCUT2D eigenvalue weighted by Crippen LogP contribution is -2.46. The Morgan fingerprint density at radius 3 is 2.74 bits per heavy atom. The van der Waals surface area contributed by atoms with Crippen molar-refractivity contribution >= 4 is 39.2 Å². The zero-order chi connectivity index (χ0) is 16.9. The van der Waals surface area contributed by atoms with E-state index in [1.165, 1.54) is 6.33 Å². The van der Waals surface area contributed by atoms with Gasteiger partial charge in [0.2, 0.25) is 0 Å². The second-order valence-electron chi connectivity index (χ2n) is 6.91. The van der Waals surface area contributed by atoms with Gasteiger partial charge in [0.15, 0.2) is 0 Å². The van der Waals surface area contributed by atoms with Crippen molar-refractivity contribution in [3.05, 3.63) is 21.9 Å². The number of thiophene rings is 1. The first-order valence-electron chi connectivity index (χ1n) is 7.62. The van der Waals surface area contributed by atoms with Gasteiger partial charge >= 0.3 is 6.09 Å². The Kier molecular flexibility index (Phi) is 4.01. The molecule has 0 radical (unpaired) electrons. The summed E-state index contributed by atoms with van der Waals surface area (Å²) in [6, 6.07) is -0.0414. The maximum absolute atomic E-state index is 12.6. The number of ether oxygens (including phenoxy) is 1. The number of carbonyl (C=O) groups is 1. The van der Waals surface area contributed by atoms with E-state index in [2.05, 4.69) is 9.97 Å². The standard InChI is InChI=1S/C16H20ClN3O2S/c1-8-6-10-11-13(17)18-7-19-14(11)23-12(10)9(2)20(8)15(21)22-16(3,4)5/h7-9H,6H2,1-5H3/t8-,9-/m1/s1. The summed E-state index contributed by atoms with van der Waals surface area (Å²) in [5, 5.41) is 1.41. The maximum atomic E-state index is 12.6. The molecule has 0 spiro atoms. The highest BCUT2D eigenvalue weighted by Gasteiger charge is 2.38. The van der Waals surface area contributed by atoms with Gasteiger partial charge in [0.25, 0.3) is 0 Å². The number of amides is 1. The highest BCUT2D eigenvalue weighted by Crippen LogP contribution is 2.44. The average Bonchev–Trinajstić information content (AvgIpc) is 2.77. The van der Waals surface area contributed by atoms with Gasteiger partial charge in [-0.1, -0.05) is 11.6 Å². The number of aromatic nitrogens is 2. The Labute approximate surface area is 144 Å². The largest absolute Gasteiger partial charge is 0.444 e. The first kappa shape index (κ1) is 16.5. The van der Waals surface area contributed by atoms with Crippen LogP contribution in [0.1, 0.15) is 51.1 Å². The Bertz CT molecular complexity index is 769. The molecule has 2 aromatic heterocycles. The van der Waals surface area contributed by atoms with Crippen LogP contribution in [0.5, 0.6) is 0 Å². The van der Waals surface area contributed by atoms with E-state index >= 15 is 0 Å². The minimum absolute atomic E-state index is 0.0291. The van der Waals surface area contributed by atoms with Crippen LogP contribution < -0.4 is 0 Å². The Hall–Kier alpha value is -1.40. The average molecular weight is 354 g/mol. The highest BCUT2D eigenvalue weighted by atomic mass is 35.5. The molecule has 2 aromatic rings. The van der Waals surface area contributed by atoms with Gasteiger partial charge in [-0.3, -0.25) is 4.90 Å². The van der Waals surface area contributed by atoms with E-state index in [-0.39, 0.29) is 18.2 Å². The van der Waals surface area contributed by atoms with Crippen LogP contribution in [0.3, 0.4) is 0 Å². The summed E-state index contributed by atoms with van der Waals surface area (Å²) < 4.78 is 5.57. The van der Waals surface area contributed by atoms with Gasteiger partial charge < -0.3 is 4.74 Å². The van der Waals surface area contributed by atoms with E-state index < -0.39 is 5.60 Å². The number of fused-ring (bicyclic) bond motifs is 3. The molecule has 0 N–H and O–H groups in total. The van der Waals surface area contributed by atoms with Gasteiger partial charge in [0, 0.05) is 10.9 Å². The fourth-order valence-corrected chi connectivity index (χ4v) is 4.59. The van der Waals surface area contributed by atoms with Gasteiger partial charge in [-0.05, 0) is 46.6 Å². The lowest BCUT2D eigenvalue weighted by molar-refractivity contribution is 0.00642. The molecule has 3 heterocycles. The van der Waals surface area contributed by atoms with Crippen molar-refractivity contribution in [2.45, 2.75) is 58.7 Å². The smallest absolute Gasteiger partial charge is 0.411 e. The molecule has 0 unspecified atom stereocenters. The second-order valence-corrected chi connectivity index (χ2v) is 8.29. The van der Waals surface area contributed by atoms with Crippen molar-refractivity contribution in [3.8, 4) is 0 Å². The molecule has 1 aliphatic rings. The normalized spacial score (nSPS) is 21.4. The number of halogens is 1. The van der Waals surface area contributed by atoms with Crippen LogP contribution in [0.2, 0.25) is 5.15 Å². The van der Waals surface area contributed by atoms with Crippen LogP contribution in [0, 0.1) is 0 Å². The molecule has 1 aliphatic heterocycles. The van der Waals surface area contributed by atoms with Crippen molar-refractivity contribution < 1.29 is 9.53 Å². The van der Waals surface area contributed by atoms with Crippen LogP contribution in [0.15, 0.2) is 6.33 Å². The van der Waals surface area contributed by atoms with Gasteiger partial charge in [-0.15, -0.1) is 11.3 Å². The number of nitrogens with zero attached hydrogens (tertiary/aromatic N) is 3.